The van der Waals surface area contributed by atoms with E-state index in [-0.39, 0.29) is 0 Å². The van der Waals surface area contributed by atoms with E-state index >= 15 is 0 Å². The summed E-state index contributed by atoms with van der Waals surface area (Å²) in [5.41, 5.74) is 2.07. The van der Waals surface area contributed by atoms with Crippen LogP contribution in [0.5, 0.6) is 0 Å². The van der Waals surface area contributed by atoms with Gasteiger partial charge < -0.3 is 20.1 Å². The summed E-state index contributed by atoms with van der Waals surface area (Å²) in [5.74, 6) is 0. The first-order chi connectivity index (χ1) is 15.8. The predicted molar refractivity (Wildman–Crippen MR) is 126 cm³/mol. The van der Waals surface area contributed by atoms with Crippen LogP contribution in [0.2, 0.25) is 0 Å². The third-order valence-corrected chi connectivity index (χ3v) is 4.36. The summed E-state index contributed by atoms with van der Waals surface area (Å²) in [4.78, 5) is 31.6. The molecule has 0 aliphatic heterocycles. The van der Waals surface area contributed by atoms with Crippen molar-refractivity contribution < 1.29 is 19.1 Å². The van der Waals surface area contributed by atoms with Crippen LogP contribution in [0.25, 0.3) is 0 Å². The summed E-state index contributed by atoms with van der Waals surface area (Å²) < 4.78 is 10.7. The van der Waals surface area contributed by atoms with Gasteiger partial charge in [-0.2, -0.15) is 0 Å². The van der Waals surface area contributed by atoms with E-state index in [2.05, 4.69) is 25.9 Å². The van der Waals surface area contributed by atoms with Crippen LogP contribution in [0.15, 0.2) is 73.3 Å². The van der Waals surface area contributed by atoms with E-state index in [0.29, 0.717) is 23.4 Å². The summed E-state index contributed by atoms with van der Waals surface area (Å²) in [7, 11) is 0. The average molecular weight is 450 g/mol. The molecule has 0 bridgehead atoms. The Bertz CT molecular complexity index is 1040. The number of ether oxygens (including phenoxy) is 2. The molecular weight excluding hydrogens is 422 g/mol. The number of benzene rings is 2. The largest absolute Gasteiger partial charge is 0.444 e. The Balaban J connectivity index is 1.82. The van der Waals surface area contributed by atoms with E-state index in [0.717, 1.165) is 5.69 Å². The molecule has 1 heterocycles. The van der Waals surface area contributed by atoms with Crippen molar-refractivity contribution in [3.05, 3.63) is 78.9 Å². The first-order valence-electron chi connectivity index (χ1n) is 10.4. The first kappa shape index (κ1) is 23.5. The monoisotopic (exact) mass is 449 g/mol. The van der Waals surface area contributed by atoms with Gasteiger partial charge in [0.1, 0.15) is 18.0 Å². The van der Waals surface area contributed by atoms with Gasteiger partial charge in [0, 0.05) is 35.0 Å². The van der Waals surface area contributed by atoms with Crippen LogP contribution < -0.4 is 16.0 Å². The SMILES string of the molecule is CC(C)(C)OC(=O)Nc1cccc(NC(OC=O)C(Nc2ccccc2)c2cncnc2)c1. The van der Waals surface area contributed by atoms with Gasteiger partial charge in [-0.15, -0.1) is 0 Å². The van der Waals surface area contributed by atoms with Crippen molar-refractivity contribution in [3.63, 3.8) is 0 Å². The van der Waals surface area contributed by atoms with E-state index in [9.17, 15) is 9.59 Å². The second kappa shape index (κ2) is 10.9. The summed E-state index contributed by atoms with van der Waals surface area (Å²) in [6, 6.07) is 16.0. The number of carbonyl (C=O) groups is 2. The van der Waals surface area contributed by atoms with E-state index in [4.69, 9.17) is 9.47 Å². The third kappa shape index (κ3) is 7.49. The predicted octanol–water partition coefficient (Wildman–Crippen LogP) is 4.59. The second-order valence-electron chi connectivity index (χ2n) is 8.16. The normalized spacial score (nSPS) is 12.7. The lowest BCUT2D eigenvalue weighted by molar-refractivity contribution is -0.133. The summed E-state index contributed by atoms with van der Waals surface area (Å²) >= 11 is 0. The zero-order valence-electron chi connectivity index (χ0n) is 18.7. The highest BCUT2D eigenvalue weighted by molar-refractivity contribution is 5.85. The maximum Gasteiger partial charge on any atom is 0.412 e. The number of carbonyl (C=O) groups excluding carboxylic acids is 2. The number of hydrogen-bond donors (Lipinski definition) is 3. The fourth-order valence-corrected chi connectivity index (χ4v) is 3.05. The van der Waals surface area contributed by atoms with Gasteiger partial charge in [-0.3, -0.25) is 10.1 Å². The van der Waals surface area contributed by atoms with Crippen LogP contribution in [0, 0.1) is 0 Å². The fourth-order valence-electron chi connectivity index (χ4n) is 3.05. The standard InChI is InChI=1S/C24H27N5O4/c1-24(2,3)33-23(31)29-20-11-7-10-19(12-20)28-22(32-16-30)21(17-13-25-15-26-14-17)27-18-8-5-4-6-9-18/h4-16,21-22,27-28H,1-3H3,(H,29,31). The molecule has 2 atom stereocenters. The highest BCUT2D eigenvalue weighted by Crippen LogP contribution is 2.26. The van der Waals surface area contributed by atoms with Crippen molar-refractivity contribution in [2.24, 2.45) is 0 Å². The van der Waals surface area contributed by atoms with E-state index in [1.807, 2.05) is 30.3 Å². The number of hydrogen-bond acceptors (Lipinski definition) is 8. The highest BCUT2D eigenvalue weighted by atomic mass is 16.6. The molecule has 3 aromatic rings. The maximum absolute atomic E-state index is 12.1. The van der Waals surface area contributed by atoms with Crippen molar-refractivity contribution in [1.82, 2.24) is 9.97 Å². The Morgan fingerprint density at radius 1 is 0.939 bits per heavy atom. The van der Waals surface area contributed by atoms with E-state index in [1.165, 1.54) is 6.33 Å². The second-order valence-corrected chi connectivity index (χ2v) is 8.16. The Labute approximate surface area is 192 Å². The number of aromatic nitrogens is 2. The number of anilines is 3. The van der Waals surface area contributed by atoms with Crippen LogP contribution in [0.1, 0.15) is 32.4 Å². The van der Waals surface area contributed by atoms with Gasteiger partial charge in [-0.05, 0) is 51.1 Å². The Morgan fingerprint density at radius 3 is 2.27 bits per heavy atom. The molecule has 1 amide bonds. The maximum atomic E-state index is 12.1. The van der Waals surface area contributed by atoms with Crippen LogP contribution in [0.3, 0.4) is 0 Å². The first-order valence-corrected chi connectivity index (χ1v) is 10.4. The molecule has 3 N–H and O–H groups in total. The van der Waals surface area contributed by atoms with Gasteiger partial charge in [-0.25, -0.2) is 14.8 Å². The van der Waals surface area contributed by atoms with Crippen molar-refractivity contribution >= 4 is 29.6 Å². The molecular formula is C24H27N5O4. The number of nitrogens with one attached hydrogen (secondary N) is 3. The molecule has 0 radical (unpaired) electrons. The van der Waals surface area contributed by atoms with E-state index < -0.39 is 24.0 Å². The van der Waals surface area contributed by atoms with Crippen LogP contribution >= 0.6 is 0 Å². The molecule has 33 heavy (non-hydrogen) atoms. The molecule has 1 aromatic heterocycles. The Hall–Kier alpha value is -4.14. The minimum atomic E-state index is -0.814. The lowest BCUT2D eigenvalue weighted by atomic mass is 10.1. The Morgan fingerprint density at radius 2 is 1.61 bits per heavy atom. The molecule has 2 aromatic carbocycles. The molecule has 3 rings (SSSR count). The zero-order chi connectivity index (χ0) is 23.7. The van der Waals surface area contributed by atoms with Gasteiger partial charge in [0.25, 0.3) is 6.47 Å². The average Bonchev–Trinajstić information content (AvgIpc) is 2.77. The quantitative estimate of drug-likeness (QED) is 0.321. The summed E-state index contributed by atoms with van der Waals surface area (Å²) in [5, 5.41) is 9.25. The topological polar surface area (TPSA) is 114 Å². The molecule has 9 heteroatoms. The van der Waals surface area contributed by atoms with Crippen LogP contribution in [0.4, 0.5) is 21.9 Å². The van der Waals surface area contributed by atoms with Crippen molar-refractivity contribution in [2.75, 3.05) is 16.0 Å². The molecule has 0 aliphatic carbocycles. The van der Waals surface area contributed by atoms with Crippen molar-refractivity contribution in [3.8, 4) is 0 Å². The van der Waals surface area contributed by atoms with Crippen LogP contribution in [-0.2, 0) is 14.3 Å². The van der Waals surface area contributed by atoms with Crippen molar-refractivity contribution in [2.45, 2.75) is 38.6 Å². The zero-order valence-corrected chi connectivity index (χ0v) is 18.7. The van der Waals surface area contributed by atoms with E-state index in [1.54, 1.807) is 57.4 Å². The summed E-state index contributed by atoms with van der Waals surface area (Å²) in [6.45, 7) is 5.75. The lowest BCUT2D eigenvalue weighted by Gasteiger charge is -2.29. The molecule has 172 valence electrons. The molecule has 2 unspecified atom stereocenters. The molecule has 0 fully saturated rings. The van der Waals surface area contributed by atoms with Gasteiger partial charge in [-0.1, -0.05) is 24.3 Å². The minimum absolute atomic E-state index is 0.379. The summed E-state index contributed by atoms with van der Waals surface area (Å²) in [6.07, 6.45) is 3.35. The minimum Gasteiger partial charge on any atom is -0.444 e. The Kier molecular flexibility index (Phi) is 7.80. The van der Waals surface area contributed by atoms with Crippen molar-refractivity contribution in [1.29, 1.82) is 0 Å². The van der Waals surface area contributed by atoms with Gasteiger partial charge in [0.2, 0.25) is 0 Å². The van der Waals surface area contributed by atoms with Gasteiger partial charge >= 0.3 is 6.09 Å². The number of nitrogens with zero attached hydrogens (tertiary/aromatic N) is 2. The van der Waals surface area contributed by atoms with Gasteiger partial charge in [0.15, 0.2) is 6.23 Å². The smallest absolute Gasteiger partial charge is 0.412 e. The highest BCUT2D eigenvalue weighted by Gasteiger charge is 2.26. The van der Waals surface area contributed by atoms with Crippen LogP contribution in [-0.4, -0.2) is 34.4 Å². The van der Waals surface area contributed by atoms with Gasteiger partial charge in [0.05, 0.1) is 0 Å². The third-order valence-electron chi connectivity index (χ3n) is 4.36. The number of rotatable bonds is 9. The molecule has 9 nitrogen and oxygen atoms in total. The molecule has 0 saturated carbocycles. The molecule has 0 spiro atoms. The fraction of sp³-hybridized carbons (Fsp3) is 0.250. The molecule has 0 aliphatic rings. The number of para-hydroxylation sites is 1. The lowest BCUT2D eigenvalue weighted by Crippen LogP contribution is -2.35. The molecule has 0 saturated heterocycles. The number of amides is 1.